The highest BCUT2D eigenvalue weighted by Crippen LogP contribution is 2.31. The third kappa shape index (κ3) is 3.98. The molecule has 1 aromatic rings. The van der Waals surface area contributed by atoms with Gasteiger partial charge in [0.25, 0.3) is 0 Å². The van der Waals surface area contributed by atoms with Crippen molar-refractivity contribution >= 4 is 23.2 Å². The van der Waals surface area contributed by atoms with Crippen LogP contribution in [0.2, 0.25) is 0 Å². The van der Waals surface area contributed by atoms with Gasteiger partial charge < -0.3 is 10.2 Å². The Morgan fingerprint density at radius 2 is 1.96 bits per heavy atom. The normalized spacial score (nSPS) is 21.0. The van der Waals surface area contributed by atoms with Crippen LogP contribution in [0.1, 0.15) is 30.6 Å². The molecule has 2 heterocycles. The molecule has 2 fully saturated rings. The van der Waals surface area contributed by atoms with Gasteiger partial charge in [0.05, 0.1) is 12.5 Å². The second-order valence-corrected chi connectivity index (χ2v) is 7.81. The summed E-state index contributed by atoms with van der Waals surface area (Å²) in [5.41, 5.74) is 0. The second-order valence-electron chi connectivity index (χ2n) is 6.78. The van der Waals surface area contributed by atoms with E-state index in [2.05, 4.69) is 10.2 Å². The number of thiophene rings is 1. The highest BCUT2D eigenvalue weighted by Gasteiger charge is 2.36. The highest BCUT2D eigenvalue weighted by molar-refractivity contribution is 7.10. The molecule has 2 aliphatic rings. The van der Waals surface area contributed by atoms with E-state index in [4.69, 9.17) is 0 Å². The molecule has 3 rings (SSSR count). The molecule has 0 spiro atoms. The first kappa shape index (κ1) is 17.4. The molecular formula is C18H27N3O2S. The summed E-state index contributed by atoms with van der Waals surface area (Å²) < 4.78 is 0. The SMILES string of the molecule is CNC(=O)C(C1CCCC1)N1CCN(C(=O)Cc2cccs2)CC1. The summed E-state index contributed by atoms with van der Waals surface area (Å²) in [5, 5.41) is 4.85. The molecular weight excluding hydrogens is 322 g/mol. The number of carbonyl (C=O) groups excluding carboxylic acids is 2. The molecule has 2 amide bonds. The molecule has 1 atom stereocenters. The first-order valence-electron chi connectivity index (χ1n) is 8.95. The van der Waals surface area contributed by atoms with Gasteiger partial charge in [0.1, 0.15) is 0 Å². The largest absolute Gasteiger partial charge is 0.358 e. The summed E-state index contributed by atoms with van der Waals surface area (Å²) >= 11 is 1.63. The van der Waals surface area contributed by atoms with E-state index in [0.717, 1.165) is 43.9 Å². The Kier molecular flexibility index (Phi) is 5.89. The standard InChI is InChI=1S/C18H27N3O2S/c1-19-18(23)17(14-5-2-3-6-14)21-10-8-20(9-11-21)16(22)13-15-7-4-12-24-15/h4,7,12,14,17H,2-3,5-6,8-11,13H2,1H3,(H,19,23). The van der Waals surface area contributed by atoms with Gasteiger partial charge in [-0.25, -0.2) is 0 Å². The molecule has 0 aromatic carbocycles. The van der Waals surface area contributed by atoms with Gasteiger partial charge in [-0.15, -0.1) is 11.3 Å². The lowest BCUT2D eigenvalue weighted by molar-refractivity contribution is -0.134. The van der Waals surface area contributed by atoms with E-state index in [9.17, 15) is 9.59 Å². The Hall–Kier alpha value is -1.40. The smallest absolute Gasteiger partial charge is 0.237 e. The fraction of sp³-hybridized carbons (Fsp3) is 0.667. The quantitative estimate of drug-likeness (QED) is 0.881. The van der Waals surface area contributed by atoms with Crippen molar-refractivity contribution in [2.45, 2.75) is 38.1 Å². The van der Waals surface area contributed by atoms with Gasteiger partial charge in [0.15, 0.2) is 0 Å². The second kappa shape index (κ2) is 8.12. The van der Waals surface area contributed by atoms with Gasteiger partial charge in [-0.2, -0.15) is 0 Å². The molecule has 0 bridgehead atoms. The van der Waals surface area contributed by atoms with E-state index in [0.29, 0.717) is 12.3 Å². The number of hydrogen-bond acceptors (Lipinski definition) is 4. The lowest BCUT2D eigenvalue weighted by atomic mass is 9.95. The molecule has 1 N–H and O–H groups in total. The van der Waals surface area contributed by atoms with Gasteiger partial charge in [0.2, 0.25) is 11.8 Å². The molecule has 6 heteroatoms. The van der Waals surface area contributed by atoms with Gasteiger partial charge >= 0.3 is 0 Å². The molecule has 1 saturated carbocycles. The van der Waals surface area contributed by atoms with Crippen LogP contribution < -0.4 is 5.32 Å². The summed E-state index contributed by atoms with van der Waals surface area (Å²) in [4.78, 5) is 30.2. The zero-order valence-electron chi connectivity index (χ0n) is 14.4. The molecule has 24 heavy (non-hydrogen) atoms. The van der Waals surface area contributed by atoms with Crippen LogP contribution in [-0.4, -0.2) is 60.9 Å². The first-order chi connectivity index (χ1) is 11.7. The minimum absolute atomic E-state index is 0.0213. The van der Waals surface area contributed by atoms with Crippen molar-refractivity contribution in [1.29, 1.82) is 0 Å². The Labute approximate surface area is 148 Å². The van der Waals surface area contributed by atoms with Gasteiger partial charge in [-0.1, -0.05) is 18.9 Å². The number of nitrogens with zero attached hydrogens (tertiary/aromatic N) is 2. The number of nitrogens with one attached hydrogen (secondary N) is 1. The van der Waals surface area contributed by atoms with Crippen LogP contribution in [0.5, 0.6) is 0 Å². The van der Waals surface area contributed by atoms with Gasteiger partial charge in [0, 0.05) is 38.1 Å². The Morgan fingerprint density at radius 3 is 2.54 bits per heavy atom. The zero-order chi connectivity index (χ0) is 16.9. The van der Waals surface area contributed by atoms with E-state index in [1.165, 1.54) is 12.8 Å². The number of piperazine rings is 1. The van der Waals surface area contributed by atoms with E-state index in [1.807, 2.05) is 22.4 Å². The Balaban J connectivity index is 1.56. The third-order valence-corrected chi connectivity index (χ3v) is 6.20. The van der Waals surface area contributed by atoms with E-state index in [-0.39, 0.29) is 17.9 Å². The first-order valence-corrected chi connectivity index (χ1v) is 9.83. The van der Waals surface area contributed by atoms with E-state index < -0.39 is 0 Å². The van der Waals surface area contributed by atoms with Crippen molar-refractivity contribution in [2.75, 3.05) is 33.2 Å². The van der Waals surface area contributed by atoms with Crippen LogP contribution in [-0.2, 0) is 16.0 Å². The topological polar surface area (TPSA) is 52.7 Å². The van der Waals surface area contributed by atoms with Crippen molar-refractivity contribution < 1.29 is 9.59 Å². The summed E-state index contributed by atoms with van der Waals surface area (Å²) in [7, 11) is 1.73. The highest BCUT2D eigenvalue weighted by atomic mass is 32.1. The van der Waals surface area contributed by atoms with Crippen LogP contribution in [0.15, 0.2) is 17.5 Å². The lowest BCUT2D eigenvalue weighted by Gasteiger charge is -2.40. The monoisotopic (exact) mass is 349 g/mol. The molecule has 5 nitrogen and oxygen atoms in total. The van der Waals surface area contributed by atoms with Gasteiger partial charge in [-0.3, -0.25) is 14.5 Å². The molecule has 1 aliphatic carbocycles. The zero-order valence-corrected chi connectivity index (χ0v) is 15.2. The minimum Gasteiger partial charge on any atom is -0.358 e. The third-order valence-electron chi connectivity index (χ3n) is 5.33. The van der Waals surface area contributed by atoms with Crippen LogP contribution in [0.25, 0.3) is 0 Å². The predicted molar refractivity (Wildman–Crippen MR) is 96.0 cm³/mol. The average molecular weight is 350 g/mol. The average Bonchev–Trinajstić information content (AvgIpc) is 3.29. The summed E-state index contributed by atoms with van der Waals surface area (Å²) in [6.45, 7) is 3.05. The molecule has 0 radical (unpaired) electrons. The number of rotatable bonds is 5. The Bertz CT molecular complexity index is 547. The van der Waals surface area contributed by atoms with Gasteiger partial charge in [-0.05, 0) is 30.2 Å². The molecule has 1 aliphatic heterocycles. The van der Waals surface area contributed by atoms with Crippen molar-refractivity contribution in [1.82, 2.24) is 15.1 Å². The maximum atomic E-state index is 12.4. The van der Waals surface area contributed by atoms with Crippen molar-refractivity contribution in [3.8, 4) is 0 Å². The Morgan fingerprint density at radius 1 is 1.25 bits per heavy atom. The number of carbonyl (C=O) groups is 2. The van der Waals surface area contributed by atoms with Crippen LogP contribution >= 0.6 is 11.3 Å². The summed E-state index contributed by atoms with van der Waals surface area (Å²) in [6, 6.07) is 3.98. The van der Waals surface area contributed by atoms with Crippen molar-refractivity contribution in [3.63, 3.8) is 0 Å². The molecule has 132 valence electrons. The maximum absolute atomic E-state index is 12.4. The van der Waals surface area contributed by atoms with Crippen LogP contribution in [0.4, 0.5) is 0 Å². The number of amides is 2. The fourth-order valence-electron chi connectivity index (χ4n) is 4.02. The number of likely N-dealkylation sites (N-methyl/N-ethyl adjacent to an activating group) is 1. The maximum Gasteiger partial charge on any atom is 0.237 e. The molecule has 1 saturated heterocycles. The van der Waals surface area contributed by atoms with Crippen LogP contribution in [0.3, 0.4) is 0 Å². The van der Waals surface area contributed by atoms with Crippen LogP contribution in [0, 0.1) is 5.92 Å². The molecule has 1 aromatic heterocycles. The van der Waals surface area contributed by atoms with Crippen molar-refractivity contribution in [3.05, 3.63) is 22.4 Å². The van der Waals surface area contributed by atoms with E-state index >= 15 is 0 Å². The van der Waals surface area contributed by atoms with Crippen molar-refractivity contribution in [2.24, 2.45) is 5.92 Å². The minimum atomic E-state index is -0.0213. The van der Waals surface area contributed by atoms with E-state index in [1.54, 1.807) is 18.4 Å². The molecule has 1 unspecified atom stereocenters. The fourth-order valence-corrected chi connectivity index (χ4v) is 4.72. The summed E-state index contributed by atoms with van der Waals surface area (Å²) in [6.07, 6.45) is 5.26. The number of hydrogen-bond donors (Lipinski definition) is 1. The summed E-state index contributed by atoms with van der Waals surface area (Å²) in [5.74, 6) is 0.813. The lowest BCUT2D eigenvalue weighted by Crippen LogP contribution is -2.57. The predicted octanol–water partition coefficient (Wildman–Crippen LogP) is 1.74.